The van der Waals surface area contributed by atoms with Crippen LogP contribution in [-0.4, -0.2) is 37.3 Å². The summed E-state index contributed by atoms with van der Waals surface area (Å²) in [7, 11) is 0. The number of alkyl halides is 2. The van der Waals surface area contributed by atoms with Crippen molar-refractivity contribution in [2.75, 3.05) is 19.7 Å². The zero-order chi connectivity index (χ0) is 12.2. The highest BCUT2D eigenvalue weighted by atomic mass is 19.3. The van der Waals surface area contributed by atoms with Gasteiger partial charge in [0, 0.05) is 18.7 Å². The molecule has 1 heterocycles. The quantitative estimate of drug-likeness (QED) is 0.761. The van der Waals surface area contributed by atoms with Gasteiger partial charge in [-0.25, -0.2) is 8.78 Å². The molecule has 1 aliphatic heterocycles. The number of nitrogens with one attached hydrogen (secondary N) is 1. The van der Waals surface area contributed by atoms with E-state index in [0.29, 0.717) is 26.0 Å². The fourth-order valence-electron chi connectivity index (χ4n) is 2.27. The smallest absolute Gasteiger partial charge is 0.250 e. The van der Waals surface area contributed by atoms with Crippen LogP contribution in [0.15, 0.2) is 0 Å². The number of hydrogen-bond acceptors (Lipinski definition) is 3. The van der Waals surface area contributed by atoms with Crippen LogP contribution in [-0.2, 0) is 4.74 Å². The molecule has 0 spiro atoms. The van der Waals surface area contributed by atoms with Gasteiger partial charge in [-0.1, -0.05) is 6.92 Å². The maximum atomic E-state index is 12.2. The van der Waals surface area contributed by atoms with Crippen molar-refractivity contribution < 1.29 is 13.5 Å². The van der Waals surface area contributed by atoms with E-state index in [1.807, 2.05) is 13.8 Å². The summed E-state index contributed by atoms with van der Waals surface area (Å²) in [6, 6.07) is 0. The first-order chi connectivity index (χ1) is 7.45. The van der Waals surface area contributed by atoms with E-state index in [1.54, 1.807) is 0 Å². The summed E-state index contributed by atoms with van der Waals surface area (Å²) in [6.45, 7) is 4.72. The molecule has 1 rings (SSSR count). The van der Waals surface area contributed by atoms with Crippen molar-refractivity contribution >= 4 is 0 Å². The minimum atomic E-state index is -2.33. The predicted octanol–water partition coefficient (Wildman–Crippen LogP) is 1.52. The molecular weight excluding hydrogens is 214 g/mol. The number of nitrogens with two attached hydrogens (primary N) is 1. The lowest BCUT2D eigenvalue weighted by molar-refractivity contribution is -0.101. The molecule has 0 aromatic heterocycles. The summed E-state index contributed by atoms with van der Waals surface area (Å²) in [5.41, 5.74) is 5.10. The first-order valence-electron chi connectivity index (χ1n) is 5.82. The largest absolute Gasteiger partial charge is 0.375 e. The molecule has 3 N–H and O–H groups in total. The highest BCUT2D eigenvalue weighted by Crippen LogP contribution is 2.33. The maximum absolute atomic E-state index is 12.2. The molecule has 96 valence electrons. The van der Waals surface area contributed by atoms with Gasteiger partial charge in [0.15, 0.2) is 0 Å². The van der Waals surface area contributed by atoms with E-state index in [2.05, 4.69) is 5.32 Å². The minimum absolute atomic E-state index is 0.243. The van der Waals surface area contributed by atoms with Crippen LogP contribution in [0, 0.1) is 0 Å². The van der Waals surface area contributed by atoms with Crippen molar-refractivity contribution in [3.63, 3.8) is 0 Å². The molecule has 0 aliphatic carbocycles. The van der Waals surface area contributed by atoms with Gasteiger partial charge in [-0.3, -0.25) is 0 Å². The van der Waals surface area contributed by atoms with Gasteiger partial charge < -0.3 is 15.8 Å². The Morgan fingerprint density at radius 3 is 2.69 bits per heavy atom. The third kappa shape index (κ3) is 3.37. The molecule has 3 nitrogen and oxygen atoms in total. The van der Waals surface area contributed by atoms with Gasteiger partial charge >= 0.3 is 0 Å². The summed E-state index contributed by atoms with van der Waals surface area (Å²) in [5, 5.41) is 2.92. The number of ether oxygens (including phenoxy) is 1. The molecule has 0 bridgehead atoms. The fourth-order valence-corrected chi connectivity index (χ4v) is 2.27. The molecule has 0 aromatic rings. The highest BCUT2D eigenvalue weighted by Gasteiger charge is 2.41. The Morgan fingerprint density at radius 2 is 2.19 bits per heavy atom. The molecule has 0 saturated carbocycles. The van der Waals surface area contributed by atoms with Gasteiger partial charge in [0.1, 0.15) is 0 Å². The van der Waals surface area contributed by atoms with Crippen molar-refractivity contribution in [2.24, 2.45) is 5.73 Å². The second-order valence-electron chi connectivity index (χ2n) is 4.84. The molecule has 0 amide bonds. The van der Waals surface area contributed by atoms with E-state index in [1.165, 1.54) is 0 Å². The van der Waals surface area contributed by atoms with Crippen molar-refractivity contribution in [1.82, 2.24) is 5.32 Å². The minimum Gasteiger partial charge on any atom is -0.375 e. The molecule has 2 atom stereocenters. The van der Waals surface area contributed by atoms with Crippen LogP contribution in [0.3, 0.4) is 0 Å². The second kappa shape index (κ2) is 5.38. The Kier molecular flexibility index (Phi) is 4.64. The lowest BCUT2D eigenvalue weighted by Crippen LogP contribution is -2.60. The molecule has 1 aliphatic rings. The molecule has 5 heteroatoms. The Bertz CT molecular complexity index is 228. The summed E-state index contributed by atoms with van der Waals surface area (Å²) >= 11 is 0. The van der Waals surface area contributed by atoms with Crippen LogP contribution in [0.5, 0.6) is 0 Å². The van der Waals surface area contributed by atoms with E-state index < -0.39 is 6.43 Å². The molecule has 1 fully saturated rings. The van der Waals surface area contributed by atoms with Crippen LogP contribution in [0.25, 0.3) is 0 Å². The van der Waals surface area contributed by atoms with Crippen LogP contribution in [0.4, 0.5) is 8.78 Å². The van der Waals surface area contributed by atoms with Crippen molar-refractivity contribution in [1.29, 1.82) is 0 Å². The third-order valence-corrected chi connectivity index (χ3v) is 3.51. The summed E-state index contributed by atoms with van der Waals surface area (Å²) < 4.78 is 30.2. The Labute approximate surface area is 95.7 Å². The first-order valence-corrected chi connectivity index (χ1v) is 5.82. The van der Waals surface area contributed by atoms with Crippen molar-refractivity contribution in [2.45, 2.75) is 50.7 Å². The average Bonchev–Trinajstić information content (AvgIpc) is 2.27. The zero-order valence-corrected chi connectivity index (χ0v) is 10.1. The number of hydrogen-bond donors (Lipinski definition) is 2. The van der Waals surface area contributed by atoms with E-state index >= 15 is 0 Å². The molecule has 0 aromatic carbocycles. The van der Waals surface area contributed by atoms with Crippen LogP contribution in [0.2, 0.25) is 0 Å². The average molecular weight is 236 g/mol. The van der Waals surface area contributed by atoms with E-state index in [-0.39, 0.29) is 17.7 Å². The molecule has 2 unspecified atom stereocenters. The second-order valence-corrected chi connectivity index (χ2v) is 4.84. The van der Waals surface area contributed by atoms with Gasteiger partial charge in [-0.05, 0) is 26.2 Å². The standard InChI is InChI=1S/C11H22F2N2O/c1-3-10(2)7-11(8-14,4-5-16-10)15-6-9(12)13/h9,15H,3-8,14H2,1-2H3. The van der Waals surface area contributed by atoms with Crippen molar-refractivity contribution in [3.8, 4) is 0 Å². The van der Waals surface area contributed by atoms with Gasteiger partial charge in [0.25, 0.3) is 6.43 Å². The summed E-state index contributed by atoms with van der Waals surface area (Å²) in [6.07, 6.45) is -0.0736. The number of halogens is 2. The topological polar surface area (TPSA) is 47.3 Å². The van der Waals surface area contributed by atoms with Gasteiger partial charge in [-0.2, -0.15) is 0 Å². The van der Waals surface area contributed by atoms with Crippen molar-refractivity contribution in [3.05, 3.63) is 0 Å². The van der Waals surface area contributed by atoms with E-state index in [4.69, 9.17) is 10.5 Å². The normalized spacial score (nSPS) is 35.6. The molecule has 0 radical (unpaired) electrons. The third-order valence-electron chi connectivity index (χ3n) is 3.51. The van der Waals surface area contributed by atoms with Crippen LogP contribution < -0.4 is 11.1 Å². The Hall–Kier alpha value is -0.260. The van der Waals surface area contributed by atoms with Gasteiger partial charge in [-0.15, -0.1) is 0 Å². The van der Waals surface area contributed by atoms with E-state index in [0.717, 1.165) is 6.42 Å². The molecular formula is C11H22F2N2O. The highest BCUT2D eigenvalue weighted by molar-refractivity contribution is 4.98. The summed E-state index contributed by atoms with van der Waals surface area (Å²) in [5.74, 6) is 0. The SMILES string of the molecule is CCC1(C)CC(CN)(NCC(F)F)CCO1. The summed E-state index contributed by atoms with van der Waals surface area (Å²) in [4.78, 5) is 0. The van der Waals surface area contributed by atoms with E-state index in [9.17, 15) is 8.78 Å². The predicted molar refractivity (Wildman–Crippen MR) is 59.7 cm³/mol. The molecule has 16 heavy (non-hydrogen) atoms. The lowest BCUT2D eigenvalue weighted by Gasteiger charge is -2.46. The van der Waals surface area contributed by atoms with Gasteiger partial charge in [0.05, 0.1) is 12.1 Å². The Morgan fingerprint density at radius 1 is 1.50 bits per heavy atom. The Balaban J connectivity index is 2.64. The van der Waals surface area contributed by atoms with Crippen LogP contribution in [0.1, 0.15) is 33.1 Å². The number of rotatable bonds is 5. The zero-order valence-electron chi connectivity index (χ0n) is 10.1. The van der Waals surface area contributed by atoms with Crippen LogP contribution >= 0.6 is 0 Å². The monoisotopic (exact) mass is 236 g/mol. The molecule has 1 saturated heterocycles. The fraction of sp³-hybridized carbons (Fsp3) is 1.00. The maximum Gasteiger partial charge on any atom is 0.250 e. The van der Waals surface area contributed by atoms with Gasteiger partial charge in [0.2, 0.25) is 0 Å². The first kappa shape index (κ1) is 13.8. The lowest BCUT2D eigenvalue weighted by atomic mass is 9.79.